The molecule has 0 spiro atoms. The lowest BCUT2D eigenvalue weighted by Gasteiger charge is -2.25. The standard InChI is InChI=1S/C28H42N2O6/c1-18(2)10-8-11-19(3)12-9-13-20(4)14-15-29-25(32)21(5)16-30(27(29)33)26-24-23(22(17-31)34-26)35-28(6,7)36-24/h10,12,14,16,22-24,26,31H,8-9,11,13,15,17H2,1-7H3/b19-12+,20-14+/t22-,23+,24?,26-/m1/s1. The predicted molar refractivity (Wildman–Crippen MR) is 140 cm³/mol. The Kier molecular flexibility index (Phi) is 9.33. The molecule has 8 nitrogen and oxygen atoms in total. The number of aryl methyl sites for hydroxylation is 1. The summed E-state index contributed by atoms with van der Waals surface area (Å²) in [4.78, 5) is 26.2. The molecule has 0 saturated carbocycles. The number of allylic oxidation sites excluding steroid dienone is 6. The average Bonchev–Trinajstić information content (AvgIpc) is 3.28. The molecule has 3 heterocycles. The fourth-order valence-electron chi connectivity index (χ4n) is 4.72. The van der Waals surface area contributed by atoms with Gasteiger partial charge in [0.15, 0.2) is 12.0 Å². The van der Waals surface area contributed by atoms with Crippen LogP contribution in [-0.4, -0.2) is 44.9 Å². The number of rotatable bonds is 10. The molecule has 3 rings (SSSR count). The summed E-state index contributed by atoms with van der Waals surface area (Å²) < 4.78 is 20.5. The molecule has 1 N–H and O–H groups in total. The molecular formula is C28H42N2O6. The summed E-state index contributed by atoms with van der Waals surface area (Å²) in [5, 5.41) is 9.77. The number of ether oxygens (including phenoxy) is 3. The van der Waals surface area contributed by atoms with Crippen LogP contribution in [0.1, 0.15) is 79.0 Å². The number of fused-ring (bicyclic) bond motifs is 1. The molecule has 2 saturated heterocycles. The number of aromatic nitrogens is 2. The number of hydrogen-bond donors (Lipinski definition) is 1. The van der Waals surface area contributed by atoms with Crippen molar-refractivity contribution < 1.29 is 19.3 Å². The summed E-state index contributed by atoms with van der Waals surface area (Å²) >= 11 is 0. The molecule has 8 heteroatoms. The molecule has 36 heavy (non-hydrogen) atoms. The minimum atomic E-state index is -0.851. The van der Waals surface area contributed by atoms with Gasteiger partial charge in [-0.25, -0.2) is 4.79 Å². The summed E-state index contributed by atoms with van der Waals surface area (Å²) in [6.07, 6.45) is 9.39. The lowest BCUT2D eigenvalue weighted by molar-refractivity contribution is -0.200. The Balaban J connectivity index is 1.74. The maximum Gasteiger partial charge on any atom is 0.333 e. The Morgan fingerprint density at radius 1 is 1.00 bits per heavy atom. The van der Waals surface area contributed by atoms with Crippen molar-refractivity contribution in [2.45, 2.75) is 111 Å². The second-order valence-electron chi connectivity index (χ2n) is 10.7. The van der Waals surface area contributed by atoms with Gasteiger partial charge in [-0.1, -0.05) is 34.9 Å². The molecule has 1 aromatic heterocycles. The first-order chi connectivity index (χ1) is 16.9. The van der Waals surface area contributed by atoms with Crippen molar-refractivity contribution in [1.29, 1.82) is 0 Å². The SMILES string of the molecule is CC(C)=CCC/C(C)=C/CC/C(C)=C/Cn1c(=O)c(C)cn([C@@H]2O[C@H](CO)[C@@H]3OC(C)(C)OC32)c1=O. The quantitative estimate of drug-likeness (QED) is 0.484. The molecule has 0 radical (unpaired) electrons. The number of hydrogen-bond acceptors (Lipinski definition) is 6. The van der Waals surface area contributed by atoms with Crippen LogP contribution >= 0.6 is 0 Å². The Hall–Kier alpha value is -2.26. The summed E-state index contributed by atoms with van der Waals surface area (Å²) in [6, 6.07) is 0. The third-order valence-electron chi connectivity index (χ3n) is 6.69. The van der Waals surface area contributed by atoms with Crippen LogP contribution in [0.4, 0.5) is 0 Å². The Morgan fingerprint density at radius 2 is 1.61 bits per heavy atom. The van der Waals surface area contributed by atoms with Gasteiger partial charge < -0.3 is 19.3 Å². The minimum absolute atomic E-state index is 0.182. The van der Waals surface area contributed by atoms with E-state index in [-0.39, 0.29) is 18.7 Å². The van der Waals surface area contributed by atoms with Gasteiger partial charge in [0.2, 0.25) is 0 Å². The zero-order chi connectivity index (χ0) is 26.6. The Labute approximate surface area is 213 Å². The Bertz CT molecular complexity index is 1140. The van der Waals surface area contributed by atoms with Gasteiger partial charge in [0.25, 0.3) is 5.56 Å². The van der Waals surface area contributed by atoms with Gasteiger partial charge >= 0.3 is 5.69 Å². The van der Waals surface area contributed by atoms with Gasteiger partial charge in [0, 0.05) is 18.3 Å². The zero-order valence-electron chi connectivity index (χ0n) is 22.7. The van der Waals surface area contributed by atoms with Crippen LogP contribution in [0.15, 0.2) is 50.7 Å². The van der Waals surface area contributed by atoms with Gasteiger partial charge in [-0.3, -0.25) is 13.9 Å². The second-order valence-corrected chi connectivity index (χ2v) is 10.7. The highest BCUT2D eigenvalue weighted by atomic mass is 16.8. The third-order valence-corrected chi connectivity index (χ3v) is 6.69. The zero-order valence-corrected chi connectivity index (χ0v) is 22.7. The lowest BCUT2D eigenvalue weighted by atomic mass is 10.1. The van der Waals surface area contributed by atoms with Crippen molar-refractivity contribution in [3.8, 4) is 0 Å². The monoisotopic (exact) mass is 502 g/mol. The second kappa shape index (κ2) is 11.9. The topological polar surface area (TPSA) is 91.9 Å². The predicted octanol–water partition coefficient (Wildman–Crippen LogP) is 4.15. The molecule has 0 bridgehead atoms. The van der Waals surface area contributed by atoms with Crippen LogP contribution < -0.4 is 11.2 Å². The van der Waals surface area contributed by atoms with Crippen LogP contribution in [-0.2, 0) is 20.8 Å². The van der Waals surface area contributed by atoms with Crippen LogP contribution in [0.3, 0.4) is 0 Å². The molecule has 2 fully saturated rings. The molecule has 0 amide bonds. The van der Waals surface area contributed by atoms with Crippen molar-refractivity contribution in [2.75, 3.05) is 6.61 Å². The van der Waals surface area contributed by atoms with E-state index in [1.807, 2.05) is 13.0 Å². The van der Waals surface area contributed by atoms with Crippen LogP contribution in [0.5, 0.6) is 0 Å². The van der Waals surface area contributed by atoms with Crippen molar-refractivity contribution in [3.05, 3.63) is 67.5 Å². The fourth-order valence-corrected chi connectivity index (χ4v) is 4.72. The maximum atomic E-state index is 13.4. The highest BCUT2D eigenvalue weighted by Crippen LogP contribution is 2.42. The normalized spacial score (nSPS) is 25.8. The van der Waals surface area contributed by atoms with E-state index in [2.05, 4.69) is 32.9 Å². The van der Waals surface area contributed by atoms with E-state index in [0.717, 1.165) is 31.3 Å². The van der Waals surface area contributed by atoms with Gasteiger partial charge in [0.05, 0.1) is 6.61 Å². The van der Waals surface area contributed by atoms with Crippen LogP contribution in [0.25, 0.3) is 0 Å². The highest BCUT2D eigenvalue weighted by molar-refractivity contribution is 5.09. The third kappa shape index (κ3) is 6.73. The van der Waals surface area contributed by atoms with E-state index in [1.54, 1.807) is 20.8 Å². The average molecular weight is 503 g/mol. The van der Waals surface area contributed by atoms with Gasteiger partial charge in [-0.15, -0.1) is 0 Å². The molecular weight excluding hydrogens is 460 g/mol. The number of aliphatic hydroxyl groups is 1. The van der Waals surface area contributed by atoms with Crippen LogP contribution in [0, 0.1) is 6.92 Å². The largest absolute Gasteiger partial charge is 0.394 e. The van der Waals surface area contributed by atoms with Crippen molar-refractivity contribution in [3.63, 3.8) is 0 Å². The first kappa shape index (κ1) is 28.3. The first-order valence-corrected chi connectivity index (χ1v) is 12.8. The lowest BCUT2D eigenvalue weighted by Crippen LogP contribution is -2.44. The highest BCUT2D eigenvalue weighted by Gasteiger charge is 2.56. The number of nitrogens with zero attached hydrogens (tertiary/aromatic N) is 2. The minimum Gasteiger partial charge on any atom is -0.394 e. The van der Waals surface area contributed by atoms with Crippen molar-refractivity contribution >= 4 is 0 Å². The molecule has 1 unspecified atom stereocenters. The maximum absolute atomic E-state index is 13.4. The molecule has 4 atom stereocenters. The summed E-state index contributed by atoms with van der Waals surface area (Å²) in [6.45, 7) is 13.6. The molecule has 0 aromatic carbocycles. The van der Waals surface area contributed by atoms with Gasteiger partial charge in [-0.05, 0) is 74.1 Å². The summed E-state index contributed by atoms with van der Waals surface area (Å²) in [5.41, 5.74) is 3.46. The van der Waals surface area contributed by atoms with E-state index in [1.165, 1.54) is 26.5 Å². The van der Waals surface area contributed by atoms with Crippen molar-refractivity contribution in [2.24, 2.45) is 0 Å². The van der Waals surface area contributed by atoms with Gasteiger partial charge in [-0.2, -0.15) is 0 Å². The summed E-state index contributed by atoms with van der Waals surface area (Å²) in [7, 11) is 0. The Morgan fingerprint density at radius 3 is 2.25 bits per heavy atom. The van der Waals surface area contributed by atoms with E-state index in [0.29, 0.717) is 5.56 Å². The molecule has 2 aliphatic rings. The van der Waals surface area contributed by atoms with E-state index < -0.39 is 36.0 Å². The van der Waals surface area contributed by atoms with Gasteiger partial charge in [0.1, 0.15) is 18.3 Å². The molecule has 1 aromatic rings. The fraction of sp³-hybridized carbons (Fsp3) is 0.643. The van der Waals surface area contributed by atoms with E-state index >= 15 is 0 Å². The van der Waals surface area contributed by atoms with Crippen molar-refractivity contribution in [1.82, 2.24) is 9.13 Å². The number of aliphatic hydroxyl groups excluding tert-OH is 1. The van der Waals surface area contributed by atoms with E-state index in [9.17, 15) is 14.7 Å². The van der Waals surface area contributed by atoms with Crippen LogP contribution in [0.2, 0.25) is 0 Å². The molecule has 0 aliphatic carbocycles. The first-order valence-electron chi connectivity index (χ1n) is 12.8. The molecule has 2 aliphatic heterocycles. The smallest absolute Gasteiger partial charge is 0.333 e. The van der Waals surface area contributed by atoms with E-state index in [4.69, 9.17) is 14.2 Å². The summed E-state index contributed by atoms with van der Waals surface area (Å²) in [5.74, 6) is -0.851. The molecule has 200 valence electrons.